The summed E-state index contributed by atoms with van der Waals surface area (Å²) in [7, 11) is -0.927. The van der Waals surface area contributed by atoms with Crippen LogP contribution in [0.25, 0.3) is 5.69 Å². The monoisotopic (exact) mass is 408 g/mol. The average molecular weight is 409 g/mol. The van der Waals surface area contributed by atoms with Crippen molar-refractivity contribution < 1.29 is 13.7 Å². The summed E-state index contributed by atoms with van der Waals surface area (Å²) in [5.74, 6) is 0.340. The molecule has 4 rings (SSSR count). The molecule has 1 aliphatic rings. The van der Waals surface area contributed by atoms with E-state index < -0.39 is 10.8 Å². The molecule has 0 radical (unpaired) electrons. The van der Waals surface area contributed by atoms with Gasteiger partial charge in [0.1, 0.15) is 0 Å². The molecule has 0 saturated carbocycles. The van der Waals surface area contributed by atoms with Gasteiger partial charge in [0.05, 0.1) is 0 Å². The van der Waals surface area contributed by atoms with Gasteiger partial charge in [-0.15, -0.1) is 0 Å². The number of hydrogen-bond donors (Lipinski definition) is 1. The Bertz CT molecular complexity index is 978. The molecule has 3 aromatic rings. The van der Waals surface area contributed by atoms with Crippen LogP contribution in [0.2, 0.25) is 0 Å². The lowest BCUT2D eigenvalue weighted by atomic mass is 10.1. The summed E-state index contributed by atoms with van der Waals surface area (Å²) in [5, 5.41) is 3.14. The summed E-state index contributed by atoms with van der Waals surface area (Å²) in [4.78, 5) is 12.6. The second kappa shape index (κ2) is 9.20. The lowest BCUT2D eigenvalue weighted by molar-refractivity contribution is 0.0991. The van der Waals surface area contributed by atoms with Crippen LogP contribution in [-0.4, -0.2) is 33.1 Å². The first-order valence-electron chi connectivity index (χ1n) is 9.78. The third kappa shape index (κ3) is 5.02. The van der Waals surface area contributed by atoms with Crippen molar-refractivity contribution in [2.45, 2.75) is 23.8 Å². The van der Waals surface area contributed by atoms with Crippen molar-refractivity contribution in [1.82, 2.24) is 4.57 Å². The van der Waals surface area contributed by atoms with Crippen LogP contribution >= 0.6 is 0 Å². The minimum Gasteiger partial charge on any atom is -0.381 e. The molecule has 1 amide bonds. The average Bonchev–Trinajstić information content (AvgIpc) is 3.30. The number of nitrogens with zero attached hydrogens (tertiary/aromatic N) is 1. The summed E-state index contributed by atoms with van der Waals surface area (Å²) < 4.78 is 20.0. The normalized spacial score (nSPS) is 15.7. The fraction of sp³-hybridized carbons (Fsp3) is 0.261. The number of hydrogen-bond acceptors (Lipinski definition) is 3. The van der Waals surface area contributed by atoms with Crippen LogP contribution in [-0.2, 0) is 21.3 Å². The van der Waals surface area contributed by atoms with Crippen molar-refractivity contribution >= 4 is 22.4 Å². The van der Waals surface area contributed by atoms with E-state index in [0.717, 1.165) is 24.1 Å². The maximum Gasteiger partial charge on any atom is 0.255 e. The van der Waals surface area contributed by atoms with Gasteiger partial charge in [0.25, 0.3) is 5.91 Å². The SMILES string of the molecule is O=C(Nc1cccc(CS(=O)C2CCOCC2)c1)c1ccc(-n2cccc2)cc1. The van der Waals surface area contributed by atoms with Gasteiger partial charge in [0, 0.05) is 64.3 Å². The zero-order chi connectivity index (χ0) is 20.1. The van der Waals surface area contributed by atoms with E-state index in [0.29, 0.717) is 30.2 Å². The van der Waals surface area contributed by atoms with Crippen LogP contribution in [0.1, 0.15) is 28.8 Å². The van der Waals surface area contributed by atoms with Crippen molar-refractivity contribution in [2.75, 3.05) is 18.5 Å². The smallest absolute Gasteiger partial charge is 0.255 e. The molecule has 0 aliphatic carbocycles. The van der Waals surface area contributed by atoms with Crippen LogP contribution in [0.5, 0.6) is 0 Å². The molecule has 1 N–H and O–H groups in total. The van der Waals surface area contributed by atoms with Crippen LogP contribution < -0.4 is 5.32 Å². The van der Waals surface area contributed by atoms with Crippen molar-refractivity contribution in [3.05, 3.63) is 84.2 Å². The first-order chi connectivity index (χ1) is 14.2. The third-order valence-electron chi connectivity index (χ3n) is 5.07. The molecule has 2 aromatic carbocycles. The molecular weight excluding hydrogens is 384 g/mol. The van der Waals surface area contributed by atoms with Crippen molar-refractivity contribution in [1.29, 1.82) is 0 Å². The maximum atomic E-state index is 12.6. The predicted octanol–water partition coefficient (Wildman–Crippen LogP) is 4.16. The number of benzene rings is 2. The topological polar surface area (TPSA) is 60.3 Å². The van der Waals surface area contributed by atoms with E-state index in [2.05, 4.69) is 5.32 Å². The van der Waals surface area contributed by atoms with E-state index in [-0.39, 0.29) is 11.2 Å². The van der Waals surface area contributed by atoms with Gasteiger partial charge in [-0.25, -0.2) is 0 Å². The summed E-state index contributed by atoms with van der Waals surface area (Å²) in [6.45, 7) is 1.38. The Labute approximate surface area is 173 Å². The van der Waals surface area contributed by atoms with Crippen LogP contribution in [0, 0.1) is 0 Å². The zero-order valence-electron chi connectivity index (χ0n) is 16.1. The van der Waals surface area contributed by atoms with Crippen LogP contribution in [0.15, 0.2) is 73.1 Å². The molecule has 29 heavy (non-hydrogen) atoms. The fourth-order valence-electron chi connectivity index (χ4n) is 3.45. The summed E-state index contributed by atoms with van der Waals surface area (Å²) in [6, 6.07) is 19.0. The van der Waals surface area contributed by atoms with Gasteiger partial charge < -0.3 is 14.6 Å². The molecule has 0 bridgehead atoms. The van der Waals surface area contributed by atoms with Crippen LogP contribution in [0.3, 0.4) is 0 Å². The lowest BCUT2D eigenvalue weighted by Gasteiger charge is -2.21. The number of anilines is 1. The minimum absolute atomic E-state index is 0.160. The zero-order valence-corrected chi connectivity index (χ0v) is 16.9. The Morgan fingerprint density at radius 2 is 1.76 bits per heavy atom. The highest BCUT2D eigenvalue weighted by atomic mass is 32.2. The van der Waals surface area contributed by atoms with E-state index in [9.17, 15) is 9.00 Å². The summed E-state index contributed by atoms with van der Waals surface area (Å²) in [6.07, 6.45) is 5.62. The van der Waals surface area contributed by atoms with Crippen molar-refractivity contribution in [2.24, 2.45) is 0 Å². The standard InChI is InChI=1S/C23H24N2O3S/c26-23(19-6-8-21(9-7-19)25-12-1-2-13-25)24-20-5-3-4-18(16-20)17-29(27)22-10-14-28-15-11-22/h1-9,12-13,16,22H,10-11,14-15,17H2,(H,24,26). The Morgan fingerprint density at radius 3 is 2.48 bits per heavy atom. The Morgan fingerprint density at radius 1 is 1.03 bits per heavy atom. The Hall–Kier alpha value is -2.70. The fourth-order valence-corrected chi connectivity index (χ4v) is 4.92. The lowest BCUT2D eigenvalue weighted by Crippen LogP contribution is -2.25. The van der Waals surface area contributed by atoms with Gasteiger partial charge >= 0.3 is 0 Å². The predicted molar refractivity (Wildman–Crippen MR) is 116 cm³/mol. The molecule has 1 fully saturated rings. The maximum absolute atomic E-state index is 12.6. The highest BCUT2D eigenvalue weighted by Crippen LogP contribution is 2.19. The number of rotatable bonds is 6. The van der Waals surface area contributed by atoms with Gasteiger partial charge in [0.15, 0.2) is 0 Å². The molecule has 1 aromatic heterocycles. The Kier molecular flexibility index (Phi) is 6.22. The van der Waals surface area contributed by atoms with E-state index in [1.54, 1.807) is 0 Å². The molecule has 1 unspecified atom stereocenters. The molecule has 150 valence electrons. The third-order valence-corrected chi connectivity index (χ3v) is 6.90. The van der Waals surface area contributed by atoms with E-state index >= 15 is 0 Å². The van der Waals surface area contributed by atoms with Gasteiger partial charge in [0.2, 0.25) is 0 Å². The van der Waals surface area contributed by atoms with E-state index in [4.69, 9.17) is 4.74 Å². The highest BCUT2D eigenvalue weighted by molar-refractivity contribution is 7.84. The van der Waals surface area contributed by atoms with E-state index in [1.807, 2.05) is 77.6 Å². The summed E-state index contributed by atoms with van der Waals surface area (Å²) >= 11 is 0. The minimum atomic E-state index is -0.927. The first kappa shape index (κ1) is 19.6. The molecular formula is C23H24N2O3S. The number of amides is 1. The molecule has 6 heteroatoms. The van der Waals surface area contributed by atoms with Gasteiger partial charge in [-0.2, -0.15) is 0 Å². The van der Waals surface area contributed by atoms with Crippen molar-refractivity contribution in [3.8, 4) is 5.69 Å². The number of nitrogens with one attached hydrogen (secondary N) is 1. The molecule has 2 heterocycles. The molecule has 1 aliphatic heterocycles. The second-order valence-electron chi connectivity index (χ2n) is 7.13. The molecule has 5 nitrogen and oxygen atoms in total. The number of ether oxygens (including phenoxy) is 1. The summed E-state index contributed by atoms with van der Waals surface area (Å²) in [5.41, 5.74) is 3.28. The van der Waals surface area contributed by atoms with Crippen LogP contribution in [0.4, 0.5) is 5.69 Å². The quantitative estimate of drug-likeness (QED) is 0.666. The van der Waals surface area contributed by atoms with Crippen molar-refractivity contribution in [3.63, 3.8) is 0 Å². The molecule has 0 spiro atoms. The Balaban J connectivity index is 1.39. The molecule has 1 atom stereocenters. The largest absolute Gasteiger partial charge is 0.381 e. The van der Waals surface area contributed by atoms with E-state index in [1.165, 1.54) is 0 Å². The number of carbonyl (C=O) groups excluding carboxylic acids is 1. The highest BCUT2D eigenvalue weighted by Gasteiger charge is 2.20. The second-order valence-corrected chi connectivity index (χ2v) is 8.85. The number of aromatic nitrogens is 1. The van der Waals surface area contributed by atoms with Gasteiger partial charge in [-0.1, -0.05) is 12.1 Å². The number of carbonyl (C=O) groups is 1. The van der Waals surface area contributed by atoms with Gasteiger partial charge in [-0.3, -0.25) is 9.00 Å². The first-order valence-corrected chi connectivity index (χ1v) is 11.2. The molecule has 1 saturated heterocycles. The van der Waals surface area contributed by atoms with Gasteiger partial charge in [-0.05, 0) is 66.9 Å².